The van der Waals surface area contributed by atoms with Crippen LogP contribution in [0.5, 0.6) is 0 Å². The number of anilines is 3. The summed E-state index contributed by atoms with van der Waals surface area (Å²) in [5, 5.41) is 9.45. The van der Waals surface area contributed by atoms with Gasteiger partial charge in [-0.15, -0.1) is 0 Å². The fraction of sp³-hybridized carbons (Fsp3) is 0.267. The lowest BCUT2D eigenvalue weighted by atomic mass is 10.2. The Morgan fingerprint density at radius 1 is 1.38 bits per heavy atom. The third-order valence-electron chi connectivity index (χ3n) is 3.33. The number of aromatic nitrogens is 2. The quantitative estimate of drug-likeness (QED) is 0.556. The van der Waals surface area contributed by atoms with Crippen LogP contribution in [0.15, 0.2) is 30.6 Å². The van der Waals surface area contributed by atoms with Gasteiger partial charge in [0, 0.05) is 13.1 Å². The number of hydrogen-bond donors (Lipinski definition) is 4. The monoisotopic (exact) mass is 350 g/mol. The molecule has 0 saturated carbocycles. The van der Waals surface area contributed by atoms with Crippen LogP contribution in [-0.2, 0) is 0 Å². The van der Waals surface area contributed by atoms with Gasteiger partial charge in [0.2, 0.25) is 0 Å². The highest BCUT2D eigenvalue weighted by Crippen LogP contribution is 2.25. The largest absolute Gasteiger partial charge is 0.395 e. The smallest absolute Gasteiger partial charge is 0.271 e. The summed E-state index contributed by atoms with van der Waals surface area (Å²) in [6.45, 7) is 2.91. The Morgan fingerprint density at radius 3 is 2.79 bits per heavy atom. The molecule has 0 bridgehead atoms. The number of nitrogens with zero attached hydrogens (tertiary/aromatic N) is 3. The second kappa shape index (κ2) is 8.32. The van der Waals surface area contributed by atoms with Crippen molar-refractivity contribution in [3.05, 3.63) is 41.2 Å². The Hall–Kier alpha value is -2.58. The van der Waals surface area contributed by atoms with Crippen molar-refractivity contribution in [2.45, 2.75) is 6.92 Å². The van der Waals surface area contributed by atoms with Gasteiger partial charge < -0.3 is 15.7 Å². The van der Waals surface area contributed by atoms with Crippen LogP contribution in [0.25, 0.3) is 0 Å². The summed E-state index contributed by atoms with van der Waals surface area (Å²) >= 11 is 5.98. The number of halogens is 1. The standard InChI is InChI=1S/C15H19ClN6O2/c1-2-22(7-8-23)14-12(17)13(18-9-19-14)20-21-15(24)10-5-3-4-6-11(10)16/h3-6,9,23H,2,7-8,17H2,1H3,(H,21,24)(H,18,19,20). The SMILES string of the molecule is CCN(CCO)c1ncnc(NNC(=O)c2ccccc2Cl)c1N. The highest BCUT2D eigenvalue weighted by molar-refractivity contribution is 6.33. The normalized spacial score (nSPS) is 10.3. The fourth-order valence-corrected chi connectivity index (χ4v) is 2.32. The van der Waals surface area contributed by atoms with Gasteiger partial charge in [-0.2, -0.15) is 0 Å². The van der Waals surface area contributed by atoms with Crippen LogP contribution in [0.4, 0.5) is 17.3 Å². The van der Waals surface area contributed by atoms with Crippen molar-refractivity contribution in [2.24, 2.45) is 0 Å². The van der Waals surface area contributed by atoms with Crippen molar-refractivity contribution < 1.29 is 9.90 Å². The molecule has 0 aliphatic rings. The lowest BCUT2D eigenvalue weighted by Gasteiger charge is -2.23. The van der Waals surface area contributed by atoms with Crippen LogP contribution in [0, 0.1) is 0 Å². The molecule has 8 nitrogen and oxygen atoms in total. The fourth-order valence-electron chi connectivity index (χ4n) is 2.10. The molecule has 24 heavy (non-hydrogen) atoms. The summed E-state index contributed by atoms with van der Waals surface area (Å²) in [5.74, 6) is 0.329. The number of benzene rings is 1. The van der Waals surface area contributed by atoms with E-state index in [9.17, 15) is 4.79 Å². The zero-order valence-electron chi connectivity index (χ0n) is 13.2. The first-order valence-corrected chi connectivity index (χ1v) is 7.73. The summed E-state index contributed by atoms with van der Waals surface area (Å²) in [4.78, 5) is 22.1. The lowest BCUT2D eigenvalue weighted by Crippen LogP contribution is -2.32. The van der Waals surface area contributed by atoms with Gasteiger partial charge in [-0.05, 0) is 19.1 Å². The van der Waals surface area contributed by atoms with Crippen molar-refractivity contribution in [2.75, 3.05) is 35.8 Å². The highest BCUT2D eigenvalue weighted by Gasteiger charge is 2.15. The van der Waals surface area contributed by atoms with E-state index in [2.05, 4.69) is 20.8 Å². The maximum absolute atomic E-state index is 12.1. The Morgan fingerprint density at radius 2 is 2.12 bits per heavy atom. The van der Waals surface area contributed by atoms with E-state index in [1.165, 1.54) is 6.33 Å². The molecule has 0 aliphatic carbocycles. The van der Waals surface area contributed by atoms with Crippen molar-refractivity contribution in [1.82, 2.24) is 15.4 Å². The van der Waals surface area contributed by atoms with Gasteiger partial charge in [-0.3, -0.25) is 15.6 Å². The summed E-state index contributed by atoms with van der Waals surface area (Å²) in [6, 6.07) is 6.68. The van der Waals surface area contributed by atoms with Crippen LogP contribution in [0.3, 0.4) is 0 Å². The van der Waals surface area contributed by atoms with Gasteiger partial charge >= 0.3 is 0 Å². The van der Waals surface area contributed by atoms with Crippen molar-refractivity contribution in [1.29, 1.82) is 0 Å². The number of nitrogen functional groups attached to an aromatic ring is 1. The van der Waals surface area contributed by atoms with Gasteiger partial charge in [-0.1, -0.05) is 23.7 Å². The molecular weight excluding hydrogens is 332 g/mol. The number of aliphatic hydroxyl groups excluding tert-OH is 1. The molecule has 0 unspecified atom stereocenters. The summed E-state index contributed by atoms with van der Waals surface area (Å²) in [6.07, 6.45) is 1.33. The van der Waals surface area contributed by atoms with Crippen LogP contribution < -0.4 is 21.5 Å². The van der Waals surface area contributed by atoms with Gasteiger partial charge in [0.15, 0.2) is 11.6 Å². The van der Waals surface area contributed by atoms with Gasteiger partial charge in [0.1, 0.15) is 12.0 Å². The first kappa shape index (κ1) is 17.8. The number of rotatable bonds is 7. The molecule has 128 valence electrons. The van der Waals surface area contributed by atoms with Crippen molar-refractivity contribution in [3.8, 4) is 0 Å². The number of nitrogens with one attached hydrogen (secondary N) is 2. The number of nitrogens with two attached hydrogens (primary N) is 1. The van der Waals surface area contributed by atoms with E-state index in [0.717, 1.165) is 0 Å². The van der Waals surface area contributed by atoms with Crippen LogP contribution >= 0.6 is 11.6 Å². The van der Waals surface area contributed by atoms with E-state index in [4.69, 9.17) is 22.4 Å². The number of likely N-dealkylation sites (N-methyl/N-ethyl adjacent to an activating group) is 1. The molecule has 1 heterocycles. The Balaban J connectivity index is 2.13. The Kier molecular flexibility index (Phi) is 6.16. The molecule has 2 aromatic rings. The topological polar surface area (TPSA) is 116 Å². The van der Waals surface area contributed by atoms with E-state index < -0.39 is 5.91 Å². The van der Waals surface area contributed by atoms with Crippen molar-refractivity contribution >= 4 is 34.8 Å². The minimum absolute atomic E-state index is 0.0245. The zero-order chi connectivity index (χ0) is 17.5. The summed E-state index contributed by atoms with van der Waals surface area (Å²) < 4.78 is 0. The summed E-state index contributed by atoms with van der Waals surface area (Å²) in [7, 11) is 0. The zero-order valence-corrected chi connectivity index (χ0v) is 13.9. The second-order valence-corrected chi connectivity index (χ2v) is 5.23. The van der Waals surface area contributed by atoms with E-state index in [1.54, 1.807) is 29.2 Å². The third kappa shape index (κ3) is 4.03. The van der Waals surface area contributed by atoms with Crippen LogP contribution in [-0.4, -0.2) is 40.7 Å². The molecule has 0 fully saturated rings. The molecule has 1 aromatic heterocycles. The lowest BCUT2D eigenvalue weighted by molar-refractivity contribution is 0.0962. The third-order valence-corrected chi connectivity index (χ3v) is 3.66. The van der Waals surface area contributed by atoms with Crippen molar-refractivity contribution in [3.63, 3.8) is 0 Å². The number of amides is 1. The predicted molar refractivity (Wildman–Crippen MR) is 94.0 cm³/mol. The Bertz CT molecular complexity index is 712. The number of carbonyl (C=O) groups is 1. The molecule has 0 radical (unpaired) electrons. The first-order valence-electron chi connectivity index (χ1n) is 7.35. The molecule has 0 spiro atoms. The number of hydrogen-bond acceptors (Lipinski definition) is 7. The average Bonchev–Trinajstić information content (AvgIpc) is 2.59. The molecule has 2 rings (SSSR count). The maximum Gasteiger partial charge on any atom is 0.271 e. The predicted octanol–water partition coefficient (Wildman–Crippen LogP) is 1.29. The highest BCUT2D eigenvalue weighted by atomic mass is 35.5. The molecule has 0 saturated heterocycles. The van der Waals surface area contributed by atoms with Gasteiger partial charge in [-0.25, -0.2) is 9.97 Å². The molecule has 1 aromatic carbocycles. The summed E-state index contributed by atoms with van der Waals surface area (Å²) in [5.41, 5.74) is 11.8. The number of hydrazine groups is 1. The Labute approximate surface area is 144 Å². The maximum atomic E-state index is 12.1. The van der Waals surface area contributed by atoms with Gasteiger partial charge in [0.05, 0.1) is 17.2 Å². The second-order valence-electron chi connectivity index (χ2n) is 4.82. The van der Waals surface area contributed by atoms with E-state index in [0.29, 0.717) is 29.5 Å². The molecule has 5 N–H and O–H groups in total. The molecule has 0 atom stereocenters. The number of carbonyl (C=O) groups excluding carboxylic acids is 1. The molecule has 0 aliphatic heterocycles. The van der Waals surface area contributed by atoms with E-state index in [-0.39, 0.29) is 18.1 Å². The molecule has 1 amide bonds. The van der Waals surface area contributed by atoms with E-state index in [1.807, 2.05) is 6.92 Å². The minimum Gasteiger partial charge on any atom is -0.395 e. The van der Waals surface area contributed by atoms with Crippen LogP contribution in [0.2, 0.25) is 5.02 Å². The average molecular weight is 351 g/mol. The number of aliphatic hydroxyl groups is 1. The van der Waals surface area contributed by atoms with Crippen LogP contribution in [0.1, 0.15) is 17.3 Å². The molecular formula is C15H19ClN6O2. The van der Waals surface area contributed by atoms with E-state index >= 15 is 0 Å². The molecule has 9 heteroatoms. The van der Waals surface area contributed by atoms with Gasteiger partial charge in [0.25, 0.3) is 5.91 Å². The minimum atomic E-state index is -0.414. The first-order chi connectivity index (χ1) is 11.6.